The van der Waals surface area contributed by atoms with Crippen LogP contribution in [0.3, 0.4) is 0 Å². The molecule has 1 aliphatic carbocycles. The Hall–Kier alpha value is -0.0800. The molecule has 1 saturated carbocycles. The average molecular weight is 269 g/mol. The van der Waals surface area contributed by atoms with Crippen LogP contribution in [0.25, 0.3) is 0 Å². The quantitative estimate of drug-likeness (QED) is 0.636. The largest absolute Gasteiger partial charge is 0.384 e. The van der Waals surface area contributed by atoms with Crippen LogP contribution in [0.1, 0.15) is 59.3 Å². The van der Waals surface area contributed by atoms with E-state index in [1.807, 2.05) is 7.11 Å². The molecule has 114 valence electrons. The first-order chi connectivity index (χ1) is 9.22. The van der Waals surface area contributed by atoms with Gasteiger partial charge in [0.1, 0.15) is 0 Å². The monoisotopic (exact) mass is 269 g/mol. The van der Waals surface area contributed by atoms with Crippen LogP contribution in [-0.2, 0) is 4.74 Å². The Labute approximate surface area is 120 Å². The number of hydrogen-bond acceptors (Lipinski definition) is 2. The van der Waals surface area contributed by atoms with Gasteiger partial charge in [-0.1, -0.05) is 40.0 Å². The number of nitrogens with one attached hydrogen (secondary N) is 1. The molecule has 0 aromatic rings. The maximum atomic E-state index is 5.41. The predicted molar refractivity (Wildman–Crippen MR) is 83.4 cm³/mol. The van der Waals surface area contributed by atoms with Crippen molar-refractivity contribution < 1.29 is 4.74 Å². The van der Waals surface area contributed by atoms with E-state index in [0.29, 0.717) is 5.92 Å². The molecular weight excluding hydrogens is 234 g/mol. The SMILES string of the molecule is CCCNCC1CCC(CCC)CC1C(C)COC. The summed E-state index contributed by atoms with van der Waals surface area (Å²) >= 11 is 0. The highest BCUT2D eigenvalue weighted by Crippen LogP contribution is 2.39. The Kier molecular flexibility index (Phi) is 8.72. The second-order valence-corrected chi connectivity index (χ2v) is 6.53. The molecule has 1 fully saturated rings. The Balaban J connectivity index is 2.51. The van der Waals surface area contributed by atoms with Crippen LogP contribution < -0.4 is 5.32 Å². The van der Waals surface area contributed by atoms with Gasteiger partial charge in [-0.2, -0.15) is 0 Å². The van der Waals surface area contributed by atoms with Gasteiger partial charge in [0.2, 0.25) is 0 Å². The Morgan fingerprint density at radius 3 is 2.63 bits per heavy atom. The van der Waals surface area contributed by atoms with E-state index in [1.54, 1.807) is 0 Å². The van der Waals surface area contributed by atoms with Crippen molar-refractivity contribution in [2.45, 2.75) is 59.3 Å². The van der Waals surface area contributed by atoms with Crippen molar-refractivity contribution in [1.29, 1.82) is 0 Å². The van der Waals surface area contributed by atoms with Crippen molar-refractivity contribution in [3.63, 3.8) is 0 Å². The van der Waals surface area contributed by atoms with Gasteiger partial charge in [-0.05, 0) is 56.0 Å². The minimum absolute atomic E-state index is 0.707. The molecule has 0 amide bonds. The normalized spacial score (nSPS) is 29.4. The summed E-state index contributed by atoms with van der Waals surface area (Å²) in [6, 6.07) is 0. The molecule has 4 unspecified atom stereocenters. The summed E-state index contributed by atoms with van der Waals surface area (Å²) in [6.07, 6.45) is 8.29. The Morgan fingerprint density at radius 1 is 1.21 bits per heavy atom. The van der Waals surface area contributed by atoms with Gasteiger partial charge in [-0.15, -0.1) is 0 Å². The molecule has 0 aromatic heterocycles. The van der Waals surface area contributed by atoms with Gasteiger partial charge in [-0.25, -0.2) is 0 Å². The maximum absolute atomic E-state index is 5.41. The molecule has 2 heteroatoms. The lowest BCUT2D eigenvalue weighted by Crippen LogP contribution is -2.37. The fourth-order valence-corrected chi connectivity index (χ4v) is 3.83. The number of hydrogen-bond donors (Lipinski definition) is 1. The van der Waals surface area contributed by atoms with Crippen LogP contribution in [0.15, 0.2) is 0 Å². The highest BCUT2D eigenvalue weighted by molar-refractivity contribution is 4.84. The summed E-state index contributed by atoms with van der Waals surface area (Å²) in [5, 5.41) is 3.64. The van der Waals surface area contributed by atoms with Crippen LogP contribution in [0, 0.1) is 23.7 Å². The third-order valence-electron chi connectivity index (χ3n) is 4.85. The number of rotatable bonds is 9. The molecule has 0 saturated heterocycles. The minimum Gasteiger partial charge on any atom is -0.384 e. The van der Waals surface area contributed by atoms with Crippen molar-refractivity contribution in [2.24, 2.45) is 23.7 Å². The highest BCUT2D eigenvalue weighted by atomic mass is 16.5. The molecular formula is C17H35NO. The van der Waals surface area contributed by atoms with E-state index in [-0.39, 0.29) is 0 Å². The standard InChI is InChI=1S/C17H35NO/c1-5-7-15-8-9-16(12-18-10-6-2)17(11-15)14(3)13-19-4/h14-18H,5-13H2,1-4H3. The predicted octanol–water partition coefficient (Wildman–Crippen LogP) is 4.10. The van der Waals surface area contributed by atoms with E-state index < -0.39 is 0 Å². The minimum atomic E-state index is 0.707. The first-order valence-corrected chi connectivity index (χ1v) is 8.42. The number of methoxy groups -OCH3 is 1. The van der Waals surface area contributed by atoms with E-state index >= 15 is 0 Å². The van der Waals surface area contributed by atoms with Gasteiger partial charge < -0.3 is 10.1 Å². The summed E-state index contributed by atoms with van der Waals surface area (Å²) in [4.78, 5) is 0. The van der Waals surface area contributed by atoms with Gasteiger partial charge in [0, 0.05) is 13.7 Å². The fraction of sp³-hybridized carbons (Fsp3) is 1.00. The lowest BCUT2D eigenvalue weighted by Gasteiger charge is -2.39. The number of ether oxygens (including phenoxy) is 1. The van der Waals surface area contributed by atoms with E-state index in [9.17, 15) is 0 Å². The van der Waals surface area contributed by atoms with Crippen LogP contribution in [-0.4, -0.2) is 26.8 Å². The smallest absolute Gasteiger partial charge is 0.0490 e. The topological polar surface area (TPSA) is 21.3 Å². The summed E-state index contributed by atoms with van der Waals surface area (Å²) in [5.74, 6) is 3.40. The zero-order chi connectivity index (χ0) is 14.1. The highest BCUT2D eigenvalue weighted by Gasteiger charge is 2.33. The molecule has 0 spiro atoms. The van der Waals surface area contributed by atoms with Gasteiger partial charge in [0.15, 0.2) is 0 Å². The summed E-state index contributed by atoms with van der Waals surface area (Å²) in [7, 11) is 1.84. The van der Waals surface area contributed by atoms with Crippen LogP contribution in [0.2, 0.25) is 0 Å². The molecule has 1 N–H and O–H groups in total. The van der Waals surface area contributed by atoms with E-state index in [0.717, 1.165) is 24.4 Å². The molecule has 0 aromatic carbocycles. The molecule has 19 heavy (non-hydrogen) atoms. The molecule has 0 aliphatic heterocycles. The molecule has 1 rings (SSSR count). The van der Waals surface area contributed by atoms with Crippen molar-refractivity contribution in [2.75, 3.05) is 26.8 Å². The second-order valence-electron chi connectivity index (χ2n) is 6.53. The molecule has 0 radical (unpaired) electrons. The second kappa shape index (κ2) is 9.77. The Bertz CT molecular complexity index is 219. The van der Waals surface area contributed by atoms with Gasteiger partial charge >= 0.3 is 0 Å². The zero-order valence-electron chi connectivity index (χ0n) is 13.6. The van der Waals surface area contributed by atoms with E-state index in [4.69, 9.17) is 4.74 Å². The van der Waals surface area contributed by atoms with Crippen LogP contribution in [0.5, 0.6) is 0 Å². The van der Waals surface area contributed by atoms with Crippen LogP contribution in [0.4, 0.5) is 0 Å². The van der Waals surface area contributed by atoms with E-state index in [2.05, 4.69) is 26.1 Å². The van der Waals surface area contributed by atoms with Crippen LogP contribution >= 0.6 is 0 Å². The van der Waals surface area contributed by atoms with Gasteiger partial charge in [-0.3, -0.25) is 0 Å². The zero-order valence-corrected chi connectivity index (χ0v) is 13.6. The maximum Gasteiger partial charge on any atom is 0.0490 e. The summed E-state index contributed by atoms with van der Waals surface area (Å²) in [6.45, 7) is 10.3. The molecule has 0 bridgehead atoms. The van der Waals surface area contributed by atoms with Crippen molar-refractivity contribution in [3.8, 4) is 0 Å². The van der Waals surface area contributed by atoms with Gasteiger partial charge in [0.25, 0.3) is 0 Å². The first-order valence-electron chi connectivity index (χ1n) is 8.42. The summed E-state index contributed by atoms with van der Waals surface area (Å²) < 4.78 is 5.41. The fourth-order valence-electron chi connectivity index (χ4n) is 3.83. The van der Waals surface area contributed by atoms with Crippen molar-refractivity contribution >= 4 is 0 Å². The molecule has 1 aliphatic rings. The van der Waals surface area contributed by atoms with Crippen molar-refractivity contribution in [1.82, 2.24) is 5.32 Å². The van der Waals surface area contributed by atoms with E-state index in [1.165, 1.54) is 51.6 Å². The molecule has 4 atom stereocenters. The molecule has 0 heterocycles. The Morgan fingerprint density at radius 2 is 2.00 bits per heavy atom. The average Bonchev–Trinajstić information content (AvgIpc) is 2.41. The van der Waals surface area contributed by atoms with Crippen molar-refractivity contribution in [3.05, 3.63) is 0 Å². The molecule has 2 nitrogen and oxygen atoms in total. The van der Waals surface area contributed by atoms with Gasteiger partial charge in [0.05, 0.1) is 0 Å². The lowest BCUT2D eigenvalue weighted by molar-refractivity contribution is 0.0637. The first kappa shape index (κ1) is 17.0. The third-order valence-corrected chi connectivity index (χ3v) is 4.85. The summed E-state index contributed by atoms with van der Waals surface area (Å²) in [5.41, 5.74) is 0. The third kappa shape index (κ3) is 5.83. The lowest BCUT2D eigenvalue weighted by atomic mass is 9.68.